The van der Waals surface area contributed by atoms with E-state index in [2.05, 4.69) is 19.9 Å². The highest BCUT2D eigenvalue weighted by Gasteiger charge is 2.16. The van der Waals surface area contributed by atoms with E-state index in [1.165, 1.54) is 37.4 Å². The SMILES string of the molecule is COC(=O)CC(=O)Nc1ccc(S(=O)(=O)Nc2cc(C)on2)cc1. The van der Waals surface area contributed by atoms with Crippen LogP contribution in [0.3, 0.4) is 0 Å². The molecule has 9 nitrogen and oxygen atoms in total. The quantitative estimate of drug-likeness (QED) is 0.591. The second-order valence-corrected chi connectivity index (χ2v) is 6.44. The molecule has 0 saturated carbocycles. The van der Waals surface area contributed by atoms with Gasteiger partial charge >= 0.3 is 5.97 Å². The molecule has 1 aromatic heterocycles. The summed E-state index contributed by atoms with van der Waals surface area (Å²) in [4.78, 5) is 22.5. The fourth-order valence-corrected chi connectivity index (χ4v) is 2.72. The van der Waals surface area contributed by atoms with E-state index in [-0.39, 0.29) is 10.7 Å². The predicted octanol–water partition coefficient (Wildman–Crippen LogP) is 1.29. The number of methoxy groups -OCH3 is 1. The number of benzene rings is 1. The zero-order valence-electron chi connectivity index (χ0n) is 12.9. The van der Waals surface area contributed by atoms with Gasteiger partial charge in [-0.2, -0.15) is 0 Å². The van der Waals surface area contributed by atoms with Gasteiger partial charge in [-0.1, -0.05) is 5.16 Å². The van der Waals surface area contributed by atoms with Crippen LogP contribution in [-0.2, 0) is 24.3 Å². The second kappa shape index (κ2) is 7.13. The van der Waals surface area contributed by atoms with Crippen LogP contribution in [0.4, 0.5) is 11.5 Å². The number of hydrogen-bond acceptors (Lipinski definition) is 7. The first-order valence-corrected chi connectivity index (χ1v) is 8.21. The Bertz CT molecular complexity index is 842. The van der Waals surface area contributed by atoms with Crippen LogP contribution >= 0.6 is 0 Å². The molecule has 128 valence electrons. The number of rotatable bonds is 6. The molecule has 0 spiro atoms. The first-order chi connectivity index (χ1) is 11.3. The lowest BCUT2D eigenvalue weighted by Crippen LogP contribution is -2.17. The maximum absolute atomic E-state index is 12.2. The molecule has 0 aliphatic heterocycles. The molecular formula is C14H15N3O6S. The van der Waals surface area contributed by atoms with Gasteiger partial charge in [0.15, 0.2) is 5.82 Å². The van der Waals surface area contributed by atoms with Crippen LogP contribution in [-0.4, -0.2) is 32.6 Å². The van der Waals surface area contributed by atoms with Crippen molar-refractivity contribution in [3.05, 3.63) is 36.1 Å². The molecule has 1 amide bonds. The van der Waals surface area contributed by atoms with Crippen LogP contribution in [0.25, 0.3) is 0 Å². The van der Waals surface area contributed by atoms with Crippen molar-refractivity contribution in [2.45, 2.75) is 18.2 Å². The Kier molecular flexibility index (Phi) is 5.19. The Balaban J connectivity index is 2.05. The van der Waals surface area contributed by atoms with Gasteiger partial charge in [0.1, 0.15) is 12.2 Å². The smallest absolute Gasteiger partial charge is 0.315 e. The Morgan fingerprint density at radius 3 is 2.46 bits per heavy atom. The molecule has 0 bridgehead atoms. The minimum Gasteiger partial charge on any atom is -0.469 e. The summed E-state index contributed by atoms with van der Waals surface area (Å²) in [6.45, 7) is 1.64. The molecule has 0 unspecified atom stereocenters. The van der Waals surface area contributed by atoms with E-state index in [1.54, 1.807) is 6.92 Å². The highest BCUT2D eigenvalue weighted by atomic mass is 32.2. The van der Waals surface area contributed by atoms with E-state index in [9.17, 15) is 18.0 Å². The van der Waals surface area contributed by atoms with Crippen LogP contribution in [0.2, 0.25) is 0 Å². The molecule has 2 rings (SSSR count). The molecule has 0 saturated heterocycles. The number of hydrogen-bond donors (Lipinski definition) is 2. The van der Waals surface area contributed by atoms with Crippen LogP contribution in [0.1, 0.15) is 12.2 Å². The summed E-state index contributed by atoms with van der Waals surface area (Å²) in [7, 11) is -2.65. The summed E-state index contributed by atoms with van der Waals surface area (Å²) in [5.41, 5.74) is 0.347. The highest BCUT2D eigenvalue weighted by Crippen LogP contribution is 2.18. The molecule has 1 heterocycles. The number of carbonyl (C=O) groups excluding carboxylic acids is 2. The van der Waals surface area contributed by atoms with Crippen molar-refractivity contribution in [3.8, 4) is 0 Å². The summed E-state index contributed by atoms with van der Waals surface area (Å²) in [6.07, 6.45) is -0.427. The van der Waals surface area contributed by atoms with Crippen molar-refractivity contribution in [3.63, 3.8) is 0 Å². The van der Waals surface area contributed by atoms with Gasteiger partial charge in [0.05, 0.1) is 12.0 Å². The Hall–Kier alpha value is -2.88. The Morgan fingerprint density at radius 2 is 1.92 bits per heavy atom. The van der Waals surface area contributed by atoms with E-state index in [4.69, 9.17) is 4.52 Å². The van der Waals surface area contributed by atoms with Gasteiger partial charge in [0.25, 0.3) is 10.0 Å². The summed E-state index contributed by atoms with van der Waals surface area (Å²) >= 11 is 0. The van der Waals surface area contributed by atoms with Crippen LogP contribution in [0.5, 0.6) is 0 Å². The van der Waals surface area contributed by atoms with Gasteiger partial charge in [-0.3, -0.25) is 14.3 Å². The minimum atomic E-state index is -3.83. The van der Waals surface area contributed by atoms with Crippen molar-refractivity contribution >= 4 is 33.4 Å². The zero-order chi connectivity index (χ0) is 17.7. The first kappa shape index (κ1) is 17.5. The van der Waals surface area contributed by atoms with E-state index < -0.39 is 28.3 Å². The van der Waals surface area contributed by atoms with Gasteiger partial charge in [-0.15, -0.1) is 0 Å². The molecular weight excluding hydrogens is 338 g/mol. The number of ether oxygens (including phenoxy) is 1. The van der Waals surface area contributed by atoms with E-state index >= 15 is 0 Å². The summed E-state index contributed by atoms with van der Waals surface area (Å²) in [5, 5.41) is 6.01. The predicted molar refractivity (Wildman–Crippen MR) is 83.8 cm³/mol. The molecule has 0 radical (unpaired) electrons. The molecule has 0 atom stereocenters. The average Bonchev–Trinajstić information content (AvgIpc) is 2.91. The number of anilines is 2. The number of carbonyl (C=O) groups is 2. The molecule has 2 N–H and O–H groups in total. The van der Waals surface area contributed by atoms with E-state index in [1.807, 2.05) is 0 Å². The fourth-order valence-electron chi connectivity index (χ4n) is 1.74. The minimum absolute atomic E-state index is 0.0193. The molecule has 2 aromatic rings. The maximum atomic E-state index is 12.2. The van der Waals surface area contributed by atoms with Crippen molar-refractivity contribution in [1.29, 1.82) is 0 Å². The van der Waals surface area contributed by atoms with E-state index in [0.29, 0.717) is 11.4 Å². The molecule has 0 aliphatic carbocycles. The number of nitrogens with zero attached hydrogens (tertiary/aromatic N) is 1. The number of amides is 1. The van der Waals surface area contributed by atoms with Gasteiger partial charge in [-0.05, 0) is 31.2 Å². The standard InChI is InChI=1S/C14H15N3O6S/c1-9-7-12(16-23-9)17-24(20,21)11-5-3-10(4-6-11)15-13(18)8-14(19)22-2/h3-7H,8H2,1-2H3,(H,15,18)(H,16,17). The summed E-state index contributed by atoms with van der Waals surface area (Å²) in [5.74, 6) is -0.688. The van der Waals surface area contributed by atoms with Gasteiger partial charge < -0.3 is 14.6 Å². The Morgan fingerprint density at radius 1 is 1.25 bits per heavy atom. The van der Waals surface area contributed by atoms with Crippen molar-refractivity contribution in [2.75, 3.05) is 17.1 Å². The summed E-state index contributed by atoms with van der Waals surface area (Å²) in [6, 6.07) is 6.86. The second-order valence-electron chi connectivity index (χ2n) is 4.75. The summed E-state index contributed by atoms with van der Waals surface area (Å²) < 4.78 is 35.8. The highest BCUT2D eigenvalue weighted by molar-refractivity contribution is 7.92. The number of aromatic nitrogens is 1. The topological polar surface area (TPSA) is 128 Å². The maximum Gasteiger partial charge on any atom is 0.315 e. The number of nitrogens with one attached hydrogen (secondary N) is 2. The number of sulfonamides is 1. The normalized spacial score (nSPS) is 10.9. The zero-order valence-corrected chi connectivity index (χ0v) is 13.7. The van der Waals surface area contributed by atoms with Crippen molar-refractivity contribution < 1.29 is 27.3 Å². The van der Waals surface area contributed by atoms with E-state index in [0.717, 1.165) is 0 Å². The third kappa shape index (κ3) is 4.56. The van der Waals surface area contributed by atoms with Crippen LogP contribution in [0.15, 0.2) is 39.8 Å². The van der Waals surface area contributed by atoms with Crippen LogP contribution in [0, 0.1) is 6.92 Å². The largest absolute Gasteiger partial charge is 0.469 e. The lowest BCUT2D eigenvalue weighted by atomic mass is 10.3. The van der Waals surface area contributed by atoms with Gasteiger partial charge in [0.2, 0.25) is 5.91 Å². The third-order valence-corrected chi connectivity index (χ3v) is 4.22. The van der Waals surface area contributed by atoms with Crippen LogP contribution < -0.4 is 10.0 Å². The molecule has 24 heavy (non-hydrogen) atoms. The van der Waals surface area contributed by atoms with Gasteiger partial charge in [-0.25, -0.2) is 8.42 Å². The van der Waals surface area contributed by atoms with Crippen molar-refractivity contribution in [1.82, 2.24) is 5.16 Å². The van der Waals surface area contributed by atoms with Crippen molar-refractivity contribution in [2.24, 2.45) is 0 Å². The molecule has 1 aromatic carbocycles. The lowest BCUT2D eigenvalue weighted by Gasteiger charge is -2.07. The lowest BCUT2D eigenvalue weighted by molar-refractivity contribution is -0.142. The number of aryl methyl sites for hydroxylation is 1. The monoisotopic (exact) mass is 353 g/mol. The molecule has 10 heteroatoms. The number of esters is 1. The fraction of sp³-hybridized carbons (Fsp3) is 0.214. The Labute approximate surface area is 138 Å². The third-order valence-electron chi connectivity index (χ3n) is 2.85. The average molecular weight is 353 g/mol. The molecule has 0 aliphatic rings. The van der Waals surface area contributed by atoms with Gasteiger partial charge in [0, 0.05) is 11.8 Å². The molecule has 0 fully saturated rings. The first-order valence-electron chi connectivity index (χ1n) is 6.73.